The number of nitrogens with one attached hydrogen (secondary N) is 2. The quantitative estimate of drug-likeness (QED) is 0.394. The molecule has 6 rings (SSSR count). The Labute approximate surface area is 200 Å². The summed E-state index contributed by atoms with van der Waals surface area (Å²) in [5, 5.41) is 6.16. The molecule has 9 nitrogen and oxygen atoms in total. The molecule has 0 radical (unpaired) electrons. The van der Waals surface area contributed by atoms with E-state index < -0.39 is 11.8 Å². The number of hydrazine groups is 1. The standard InChI is InChI=1S/C26H21N7O2/c1-15-23-18(25(34)30-31-26(35)20-12-11-16-6-2-3-7-19(16)28-20)14-21(17-9-10-17)29-24(23)33(32-15)22-8-4-5-13-27-22/h2-8,11-14,17H,9-10H2,1H3,(H,30,34)(H,31,35). The van der Waals surface area contributed by atoms with E-state index in [9.17, 15) is 9.59 Å². The minimum absolute atomic E-state index is 0.210. The lowest BCUT2D eigenvalue weighted by atomic mass is 10.1. The van der Waals surface area contributed by atoms with Gasteiger partial charge in [-0.2, -0.15) is 9.78 Å². The summed E-state index contributed by atoms with van der Waals surface area (Å²) >= 11 is 0. The van der Waals surface area contributed by atoms with Gasteiger partial charge in [-0.3, -0.25) is 20.4 Å². The number of pyridine rings is 3. The van der Waals surface area contributed by atoms with Crippen LogP contribution in [0.1, 0.15) is 51.0 Å². The fourth-order valence-electron chi connectivity index (χ4n) is 4.15. The Hall–Kier alpha value is -4.66. The Bertz CT molecular complexity index is 1610. The molecule has 1 aromatic carbocycles. The van der Waals surface area contributed by atoms with Gasteiger partial charge >= 0.3 is 0 Å². The molecule has 0 unspecified atom stereocenters. The summed E-state index contributed by atoms with van der Waals surface area (Å²) in [4.78, 5) is 39.6. The predicted molar refractivity (Wildman–Crippen MR) is 130 cm³/mol. The van der Waals surface area contributed by atoms with E-state index in [-0.39, 0.29) is 5.69 Å². The largest absolute Gasteiger partial charge is 0.288 e. The average molecular weight is 464 g/mol. The Balaban J connectivity index is 1.32. The molecule has 4 aromatic heterocycles. The number of aryl methyl sites for hydroxylation is 1. The van der Waals surface area contributed by atoms with Crippen LogP contribution >= 0.6 is 0 Å². The van der Waals surface area contributed by atoms with Crippen molar-refractivity contribution in [2.75, 3.05) is 0 Å². The highest BCUT2D eigenvalue weighted by molar-refractivity contribution is 6.07. The van der Waals surface area contributed by atoms with E-state index in [0.717, 1.165) is 23.9 Å². The van der Waals surface area contributed by atoms with Gasteiger partial charge in [-0.1, -0.05) is 30.3 Å². The number of benzene rings is 1. The Morgan fingerprint density at radius 3 is 2.54 bits per heavy atom. The van der Waals surface area contributed by atoms with Gasteiger partial charge in [0.15, 0.2) is 11.5 Å². The third-order valence-electron chi connectivity index (χ3n) is 6.06. The minimum atomic E-state index is -0.502. The normalized spacial score (nSPS) is 13.2. The molecule has 172 valence electrons. The molecule has 2 amide bonds. The first-order valence-corrected chi connectivity index (χ1v) is 11.4. The molecule has 0 bridgehead atoms. The summed E-state index contributed by atoms with van der Waals surface area (Å²) in [5.41, 5.74) is 8.40. The summed E-state index contributed by atoms with van der Waals surface area (Å²) < 4.78 is 1.66. The predicted octanol–water partition coefficient (Wildman–Crippen LogP) is 3.62. The monoisotopic (exact) mass is 463 g/mol. The van der Waals surface area contributed by atoms with E-state index in [2.05, 4.69) is 25.9 Å². The Kier molecular flexibility index (Phi) is 4.95. The van der Waals surface area contributed by atoms with Crippen molar-refractivity contribution in [2.45, 2.75) is 25.7 Å². The summed E-state index contributed by atoms with van der Waals surface area (Å²) in [6.45, 7) is 1.83. The van der Waals surface area contributed by atoms with E-state index in [4.69, 9.17) is 4.98 Å². The van der Waals surface area contributed by atoms with Crippen molar-refractivity contribution in [3.63, 3.8) is 0 Å². The zero-order valence-corrected chi connectivity index (χ0v) is 18.9. The van der Waals surface area contributed by atoms with Gasteiger partial charge in [-0.25, -0.2) is 15.0 Å². The van der Waals surface area contributed by atoms with Crippen molar-refractivity contribution >= 4 is 33.8 Å². The molecule has 0 aliphatic heterocycles. The van der Waals surface area contributed by atoms with Crippen molar-refractivity contribution in [3.05, 3.63) is 89.5 Å². The van der Waals surface area contributed by atoms with Crippen LogP contribution in [-0.4, -0.2) is 36.5 Å². The number of amides is 2. The number of carbonyl (C=O) groups excluding carboxylic acids is 2. The van der Waals surface area contributed by atoms with Crippen LogP contribution in [0.2, 0.25) is 0 Å². The zero-order chi connectivity index (χ0) is 23.9. The number of nitrogens with zero attached hydrogens (tertiary/aromatic N) is 5. The summed E-state index contributed by atoms with van der Waals surface area (Å²) in [7, 11) is 0. The highest BCUT2D eigenvalue weighted by Crippen LogP contribution is 2.40. The van der Waals surface area contributed by atoms with Gasteiger partial charge in [-0.15, -0.1) is 0 Å². The molecule has 0 saturated heterocycles. The van der Waals surface area contributed by atoms with Crippen molar-refractivity contribution in [1.82, 2.24) is 35.6 Å². The Morgan fingerprint density at radius 1 is 0.943 bits per heavy atom. The first kappa shape index (κ1) is 20.9. The van der Waals surface area contributed by atoms with E-state index in [1.54, 1.807) is 23.0 Å². The molecular formula is C26H21N7O2. The lowest BCUT2D eigenvalue weighted by Gasteiger charge is -2.10. The van der Waals surface area contributed by atoms with Crippen LogP contribution in [0.15, 0.2) is 66.9 Å². The second-order valence-corrected chi connectivity index (χ2v) is 8.55. The third-order valence-corrected chi connectivity index (χ3v) is 6.06. The highest BCUT2D eigenvalue weighted by Gasteiger charge is 2.29. The maximum absolute atomic E-state index is 13.3. The molecule has 1 aliphatic carbocycles. The fraction of sp³-hybridized carbons (Fsp3) is 0.154. The molecular weight excluding hydrogens is 442 g/mol. The lowest BCUT2D eigenvalue weighted by molar-refractivity contribution is 0.0845. The van der Waals surface area contributed by atoms with Gasteiger partial charge in [0, 0.05) is 23.2 Å². The molecule has 1 fully saturated rings. The lowest BCUT2D eigenvalue weighted by Crippen LogP contribution is -2.42. The zero-order valence-electron chi connectivity index (χ0n) is 18.9. The van der Waals surface area contributed by atoms with Gasteiger partial charge in [-0.05, 0) is 50.1 Å². The van der Waals surface area contributed by atoms with E-state index in [0.29, 0.717) is 39.5 Å². The van der Waals surface area contributed by atoms with E-state index in [1.165, 1.54) is 0 Å². The van der Waals surface area contributed by atoms with E-state index in [1.807, 2.05) is 55.5 Å². The maximum atomic E-state index is 13.3. The molecule has 9 heteroatoms. The van der Waals surface area contributed by atoms with Gasteiger partial charge in [0.2, 0.25) is 0 Å². The molecule has 35 heavy (non-hydrogen) atoms. The van der Waals surface area contributed by atoms with Crippen LogP contribution in [-0.2, 0) is 0 Å². The van der Waals surface area contributed by atoms with Crippen LogP contribution in [0.25, 0.3) is 27.8 Å². The molecule has 4 heterocycles. The van der Waals surface area contributed by atoms with Gasteiger partial charge < -0.3 is 0 Å². The summed E-state index contributed by atoms with van der Waals surface area (Å²) in [6.07, 6.45) is 3.74. The van der Waals surface area contributed by atoms with Crippen LogP contribution < -0.4 is 10.9 Å². The molecule has 1 saturated carbocycles. The first-order valence-electron chi connectivity index (χ1n) is 11.4. The van der Waals surface area contributed by atoms with Crippen LogP contribution in [0.4, 0.5) is 0 Å². The number of aromatic nitrogens is 5. The number of carbonyl (C=O) groups is 2. The summed E-state index contributed by atoms with van der Waals surface area (Å²) in [5.74, 6) is -0.0161. The molecule has 0 atom stereocenters. The number of hydrogen-bond donors (Lipinski definition) is 2. The third kappa shape index (κ3) is 3.86. The molecule has 1 aliphatic rings. The van der Waals surface area contributed by atoms with Crippen LogP contribution in [0, 0.1) is 6.92 Å². The highest BCUT2D eigenvalue weighted by atomic mass is 16.2. The second kappa shape index (κ2) is 8.28. The smallest absolute Gasteiger partial charge is 0.267 e. The van der Waals surface area contributed by atoms with E-state index >= 15 is 0 Å². The van der Waals surface area contributed by atoms with Crippen molar-refractivity contribution in [2.24, 2.45) is 0 Å². The first-order chi connectivity index (χ1) is 17.1. The maximum Gasteiger partial charge on any atom is 0.288 e. The number of fused-ring (bicyclic) bond motifs is 2. The molecule has 0 spiro atoms. The van der Waals surface area contributed by atoms with Crippen molar-refractivity contribution in [3.8, 4) is 5.82 Å². The average Bonchev–Trinajstić information content (AvgIpc) is 3.70. The SMILES string of the molecule is Cc1nn(-c2ccccn2)c2nc(C3CC3)cc(C(=O)NNC(=O)c3ccc4ccccc4n3)c12. The number of hydrogen-bond acceptors (Lipinski definition) is 6. The van der Waals surface area contributed by atoms with Crippen molar-refractivity contribution < 1.29 is 9.59 Å². The van der Waals surface area contributed by atoms with Crippen LogP contribution in [0.5, 0.6) is 0 Å². The fourth-order valence-corrected chi connectivity index (χ4v) is 4.15. The topological polar surface area (TPSA) is 115 Å². The number of para-hydroxylation sites is 1. The van der Waals surface area contributed by atoms with Gasteiger partial charge in [0.1, 0.15) is 5.69 Å². The second-order valence-electron chi connectivity index (χ2n) is 8.55. The molecule has 5 aromatic rings. The molecule has 2 N–H and O–H groups in total. The van der Waals surface area contributed by atoms with Crippen molar-refractivity contribution in [1.29, 1.82) is 0 Å². The van der Waals surface area contributed by atoms with Gasteiger partial charge in [0.25, 0.3) is 11.8 Å². The Morgan fingerprint density at radius 2 is 1.74 bits per heavy atom. The van der Waals surface area contributed by atoms with Gasteiger partial charge in [0.05, 0.1) is 22.2 Å². The number of rotatable bonds is 4. The van der Waals surface area contributed by atoms with Crippen LogP contribution in [0.3, 0.4) is 0 Å². The summed E-state index contributed by atoms with van der Waals surface area (Å²) in [6, 6.07) is 18.3. The minimum Gasteiger partial charge on any atom is -0.267 e.